The summed E-state index contributed by atoms with van der Waals surface area (Å²) in [7, 11) is 0. The van der Waals surface area contributed by atoms with Crippen molar-refractivity contribution in [2.45, 2.75) is 6.92 Å². The fourth-order valence-electron chi connectivity index (χ4n) is 1.38. The molecule has 0 fully saturated rings. The van der Waals surface area contributed by atoms with E-state index in [0.29, 0.717) is 21.7 Å². The van der Waals surface area contributed by atoms with Crippen LogP contribution in [-0.4, -0.2) is 32.2 Å². The lowest BCUT2D eigenvalue weighted by molar-refractivity contribution is 0.100. The number of hydrogen-bond acceptors (Lipinski definition) is 5. The number of primary amides is 1. The predicted octanol–water partition coefficient (Wildman–Crippen LogP) is 0.955. The van der Waals surface area contributed by atoms with Crippen molar-refractivity contribution in [3.05, 3.63) is 28.8 Å². The molecule has 2 heterocycles. The Morgan fingerprint density at radius 2 is 2.33 bits per heavy atom. The molecule has 0 radical (unpaired) electrons. The van der Waals surface area contributed by atoms with E-state index >= 15 is 0 Å². The van der Waals surface area contributed by atoms with Gasteiger partial charge in [-0.1, -0.05) is 0 Å². The molecule has 2 aromatic heterocycles. The number of nitrogens with two attached hydrogens (primary N) is 1. The molecule has 0 bridgehead atoms. The van der Waals surface area contributed by atoms with Crippen molar-refractivity contribution >= 4 is 27.7 Å². The van der Waals surface area contributed by atoms with Crippen LogP contribution >= 0.6 is 15.9 Å². The molecule has 0 atom stereocenters. The highest BCUT2D eigenvalue weighted by Gasteiger charge is 2.12. The van der Waals surface area contributed by atoms with Gasteiger partial charge in [-0.25, -0.2) is 14.6 Å². The van der Waals surface area contributed by atoms with Gasteiger partial charge in [0.1, 0.15) is 16.6 Å². The lowest BCUT2D eigenvalue weighted by Gasteiger charge is -2.08. The van der Waals surface area contributed by atoms with Gasteiger partial charge in [-0.3, -0.25) is 4.79 Å². The summed E-state index contributed by atoms with van der Waals surface area (Å²) in [4.78, 5) is 19.2. The molecule has 7 nitrogen and oxygen atoms in total. The van der Waals surface area contributed by atoms with E-state index in [2.05, 4.69) is 36.3 Å². The van der Waals surface area contributed by atoms with Crippen LogP contribution in [0.3, 0.4) is 0 Å². The van der Waals surface area contributed by atoms with E-state index in [4.69, 9.17) is 5.73 Å². The molecule has 2 aromatic rings. The minimum atomic E-state index is -0.529. The van der Waals surface area contributed by atoms with E-state index in [9.17, 15) is 4.79 Å². The lowest BCUT2D eigenvalue weighted by atomic mass is 10.3. The minimum absolute atomic E-state index is 0.325. The molecule has 0 aliphatic carbocycles. The van der Waals surface area contributed by atoms with Gasteiger partial charge in [0.15, 0.2) is 5.82 Å². The number of hydrogen-bond donors (Lipinski definition) is 2. The van der Waals surface area contributed by atoms with Gasteiger partial charge in [-0.05, 0) is 22.9 Å². The zero-order valence-electron chi connectivity index (χ0n) is 9.59. The Morgan fingerprint density at radius 1 is 1.56 bits per heavy atom. The number of carbonyl (C=O) groups excluding carboxylic acids is 1. The van der Waals surface area contributed by atoms with Crippen LogP contribution in [0.25, 0.3) is 5.82 Å². The van der Waals surface area contributed by atoms with Gasteiger partial charge in [0, 0.05) is 12.7 Å². The third kappa shape index (κ3) is 2.33. The summed E-state index contributed by atoms with van der Waals surface area (Å²) in [5.74, 6) is 0.672. The van der Waals surface area contributed by atoms with Crippen LogP contribution in [0, 0.1) is 0 Å². The average Bonchev–Trinajstić information content (AvgIpc) is 2.81. The first-order valence-corrected chi connectivity index (χ1v) is 6.02. The Bertz CT molecular complexity index is 581. The van der Waals surface area contributed by atoms with E-state index in [-0.39, 0.29) is 0 Å². The standard InChI is InChI=1S/C10H11BrN6O/c1-2-13-9-7(11)10(15-5-14-9)17-4-6(3-16-17)8(12)18/h3-5H,2H2,1H3,(H2,12,18)(H,13,14,15). The van der Waals surface area contributed by atoms with E-state index < -0.39 is 5.91 Å². The summed E-state index contributed by atoms with van der Waals surface area (Å²) in [6, 6.07) is 0. The summed E-state index contributed by atoms with van der Waals surface area (Å²) in [5, 5.41) is 7.12. The van der Waals surface area contributed by atoms with Gasteiger partial charge >= 0.3 is 0 Å². The summed E-state index contributed by atoms with van der Waals surface area (Å²) < 4.78 is 2.14. The number of anilines is 1. The van der Waals surface area contributed by atoms with Crippen LogP contribution in [0.15, 0.2) is 23.2 Å². The van der Waals surface area contributed by atoms with Crippen molar-refractivity contribution in [2.24, 2.45) is 5.73 Å². The molecule has 8 heteroatoms. The fraction of sp³-hybridized carbons (Fsp3) is 0.200. The largest absolute Gasteiger partial charge is 0.369 e. The van der Waals surface area contributed by atoms with Gasteiger partial charge in [0.2, 0.25) is 0 Å². The quantitative estimate of drug-likeness (QED) is 0.876. The average molecular weight is 311 g/mol. The van der Waals surface area contributed by atoms with Crippen LogP contribution in [0.5, 0.6) is 0 Å². The lowest BCUT2D eigenvalue weighted by Crippen LogP contribution is -2.10. The number of halogens is 1. The summed E-state index contributed by atoms with van der Waals surface area (Å²) in [6.07, 6.45) is 4.33. The van der Waals surface area contributed by atoms with Crippen molar-refractivity contribution in [1.82, 2.24) is 19.7 Å². The van der Waals surface area contributed by atoms with E-state index in [1.807, 2.05) is 6.92 Å². The summed E-state index contributed by atoms with van der Waals surface area (Å²) in [6.45, 7) is 2.70. The van der Waals surface area contributed by atoms with Crippen LogP contribution in [0.2, 0.25) is 0 Å². The Morgan fingerprint density at radius 3 is 2.94 bits per heavy atom. The molecule has 3 N–H and O–H groups in total. The number of nitrogens with one attached hydrogen (secondary N) is 1. The van der Waals surface area contributed by atoms with Gasteiger partial charge < -0.3 is 11.1 Å². The van der Waals surface area contributed by atoms with E-state index in [1.165, 1.54) is 23.4 Å². The molecule has 0 spiro atoms. The fourth-order valence-corrected chi connectivity index (χ4v) is 1.90. The Balaban J connectivity index is 2.43. The van der Waals surface area contributed by atoms with Gasteiger partial charge in [0.05, 0.1) is 11.8 Å². The maximum Gasteiger partial charge on any atom is 0.251 e. The van der Waals surface area contributed by atoms with Crippen LogP contribution < -0.4 is 11.1 Å². The SMILES string of the molecule is CCNc1ncnc(-n2cc(C(N)=O)cn2)c1Br. The minimum Gasteiger partial charge on any atom is -0.369 e. The zero-order valence-corrected chi connectivity index (χ0v) is 11.2. The van der Waals surface area contributed by atoms with Crippen LogP contribution in [0.1, 0.15) is 17.3 Å². The van der Waals surface area contributed by atoms with Gasteiger partial charge in [-0.2, -0.15) is 5.10 Å². The first-order valence-electron chi connectivity index (χ1n) is 5.22. The van der Waals surface area contributed by atoms with Gasteiger partial charge in [0.25, 0.3) is 5.91 Å². The van der Waals surface area contributed by atoms with Crippen molar-refractivity contribution < 1.29 is 4.79 Å². The molecule has 0 unspecified atom stereocenters. The number of rotatable bonds is 4. The normalized spacial score (nSPS) is 10.3. The van der Waals surface area contributed by atoms with Gasteiger partial charge in [-0.15, -0.1) is 0 Å². The molecular formula is C10H11BrN6O. The second-order valence-electron chi connectivity index (χ2n) is 3.43. The first-order chi connectivity index (χ1) is 8.63. The highest BCUT2D eigenvalue weighted by molar-refractivity contribution is 9.10. The third-order valence-electron chi connectivity index (χ3n) is 2.20. The monoisotopic (exact) mass is 310 g/mol. The van der Waals surface area contributed by atoms with Crippen molar-refractivity contribution in [1.29, 1.82) is 0 Å². The third-order valence-corrected chi connectivity index (χ3v) is 2.93. The predicted molar refractivity (Wildman–Crippen MR) is 69.5 cm³/mol. The molecule has 18 heavy (non-hydrogen) atoms. The Labute approximate surface area is 112 Å². The zero-order chi connectivity index (χ0) is 13.1. The van der Waals surface area contributed by atoms with Crippen LogP contribution in [0.4, 0.5) is 5.82 Å². The van der Waals surface area contributed by atoms with E-state index in [0.717, 1.165) is 6.54 Å². The summed E-state index contributed by atoms with van der Waals surface area (Å²) in [5.41, 5.74) is 5.50. The number of carbonyl (C=O) groups is 1. The molecule has 0 saturated heterocycles. The van der Waals surface area contributed by atoms with Crippen LogP contribution in [-0.2, 0) is 0 Å². The highest BCUT2D eigenvalue weighted by Crippen LogP contribution is 2.24. The Kier molecular flexibility index (Phi) is 3.56. The maximum atomic E-state index is 11.0. The molecule has 0 aliphatic rings. The number of nitrogens with zero attached hydrogens (tertiary/aromatic N) is 4. The molecule has 1 amide bonds. The second-order valence-corrected chi connectivity index (χ2v) is 4.22. The highest BCUT2D eigenvalue weighted by atomic mass is 79.9. The summed E-state index contributed by atoms with van der Waals surface area (Å²) >= 11 is 3.40. The molecule has 0 aromatic carbocycles. The molecule has 94 valence electrons. The van der Waals surface area contributed by atoms with E-state index in [1.54, 1.807) is 0 Å². The van der Waals surface area contributed by atoms with Crippen molar-refractivity contribution in [3.63, 3.8) is 0 Å². The van der Waals surface area contributed by atoms with Crippen molar-refractivity contribution in [2.75, 3.05) is 11.9 Å². The molecule has 0 aliphatic heterocycles. The second kappa shape index (κ2) is 5.13. The topological polar surface area (TPSA) is 98.7 Å². The smallest absolute Gasteiger partial charge is 0.251 e. The number of aromatic nitrogens is 4. The maximum absolute atomic E-state index is 11.0. The molecular weight excluding hydrogens is 300 g/mol. The molecule has 0 saturated carbocycles. The Hall–Kier alpha value is -1.96. The first kappa shape index (κ1) is 12.5. The van der Waals surface area contributed by atoms with Crippen molar-refractivity contribution in [3.8, 4) is 5.82 Å². The molecule has 2 rings (SSSR count). The number of amides is 1.